The number of aromatic nitrogens is 2. The van der Waals surface area contributed by atoms with Gasteiger partial charge < -0.3 is 4.90 Å². The van der Waals surface area contributed by atoms with Crippen LogP contribution in [0.5, 0.6) is 0 Å². The predicted molar refractivity (Wildman–Crippen MR) is 133 cm³/mol. The van der Waals surface area contributed by atoms with Crippen molar-refractivity contribution in [1.82, 2.24) is 9.88 Å². The first-order valence-electron chi connectivity index (χ1n) is 11.6. The maximum absolute atomic E-state index is 12.9. The Morgan fingerprint density at radius 1 is 1.12 bits per heavy atom. The third-order valence-corrected chi connectivity index (χ3v) is 7.80. The molecule has 1 unspecified atom stereocenters. The molecular weight excluding hydrogens is 498 g/mol. The largest absolute Gasteiger partial charge is 0.342 e. The molecule has 33 heavy (non-hydrogen) atoms. The van der Waals surface area contributed by atoms with Crippen molar-refractivity contribution in [1.29, 1.82) is 0 Å². The third kappa shape index (κ3) is 4.85. The summed E-state index contributed by atoms with van der Waals surface area (Å²) in [6, 6.07) is 12.6. The van der Waals surface area contributed by atoms with E-state index in [-0.39, 0.29) is 11.8 Å². The Morgan fingerprint density at radius 3 is 2.61 bits per heavy atom. The van der Waals surface area contributed by atoms with Gasteiger partial charge in [0.1, 0.15) is 7.05 Å². The van der Waals surface area contributed by atoms with Crippen molar-refractivity contribution >= 4 is 33.4 Å². The number of halogens is 2. The van der Waals surface area contributed by atoms with Crippen molar-refractivity contribution in [2.24, 2.45) is 13.0 Å². The minimum absolute atomic E-state index is 0.220. The summed E-state index contributed by atoms with van der Waals surface area (Å²) < 4.78 is 3.01. The lowest BCUT2D eigenvalue weighted by Crippen LogP contribution is -2.41. The smallest absolute Gasteiger partial charge is 0.226 e. The molecule has 4 nitrogen and oxygen atoms in total. The second kappa shape index (κ2) is 9.55. The highest BCUT2D eigenvalue weighted by atomic mass is 79.9. The van der Waals surface area contributed by atoms with Crippen molar-refractivity contribution in [2.45, 2.75) is 38.0 Å². The molecule has 0 bridgehead atoms. The SMILES string of the molecule is C[n+]1ccc(CC(=O)N2CCC(C3c4ccc(Cl)cc4CCc4cc(Br)cnc43)CC2)cc1. The second-order valence-corrected chi connectivity index (χ2v) is 10.6. The van der Waals surface area contributed by atoms with Gasteiger partial charge in [-0.2, -0.15) is 0 Å². The van der Waals surface area contributed by atoms with Gasteiger partial charge in [-0.15, -0.1) is 0 Å². The molecule has 0 radical (unpaired) electrons. The number of hydrogen-bond acceptors (Lipinski definition) is 2. The summed E-state index contributed by atoms with van der Waals surface area (Å²) >= 11 is 9.96. The molecule has 1 fully saturated rings. The molecule has 1 aliphatic carbocycles. The number of piperidine rings is 1. The number of benzene rings is 1. The quantitative estimate of drug-likeness (QED) is 0.450. The zero-order valence-electron chi connectivity index (χ0n) is 18.8. The van der Waals surface area contributed by atoms with E-state index in [1.807, 2.05) is 53.3 Å². The fourth-order valence-corrected chi connectivity index (χ4v) is 5.95. The maximum Gasteiger partial charge on any atom is 0.226 e. The first-order chi connectivity index (χ1) is 16.0. The number of rotatable bonds is 3. The summed E-state index contributed by atoms with van der Waals surface area (Å²) in [6.45, 7) is 1.60. The Bertz CT molecular complexity index is 1120. The number of carbonyl (C=O) groups is 1. The van der Waals surface area contributed by atoms with Gasteiger partial charge in [0.25, 0.3) is 0 Å². The van der Waals surface area contributed by atoms with Gasteiger partial charge in [-0.05, 0) is 88.0 Å². The molecule has 0 saturated carbocycles. The summed E-state index contributed by atoms with van der Waals surface area (Å²) in [5.74, 6) is 0.919. The first kappa shape index (κ1) is 22.5. The fourth-order valence-electron chi connectivity index (χ4n) is 5.38. The average Bonchev–Trinajstić information content (AvgIpc) is 2.97. The van der Waals surface area contributed by atoms with Gasteiger partial charge in [-0.3, -0.25) is 9.78 Å². The van der Waals surface area contributed by atoms with Crippen LogP contribution in [0.15, 0.2) is 59.5 Å². The number of likely N-dealkylation sites (tertiary alicyclic amines) is 1. The van der Waals surface area contributed by atoms with Crippen LogP contribution < -0.4 is 4.57 Å². The molecule has 170 valence electrons. The number of nitrogens with zero attached hydrogens (tertiary/aromatic N) is 3. The average molecular weight is 526 g/mol. The standard InChI is InChI=1S/C27H28BrClN3O/c1-31-10-6-18(7-11-31)14-25(33)32-12-8-19(9-13-32)26-24-5-4-23(29)16-20(24)2-3-21-15-22(28)17-30-27(21)26/h4-7,10-11,15-17,19,26H,2-3,8-9,12-14H2,1H3/q+1. The van der Waals surface area contributed by atoms with E-state index < -0.39 is 0 Å². The molecule has 1 aliphatic heterocycles. The lowest BCUT2D eigenvalue weighted by atomic mass is 9.76. The summed E-state index contributed by atoms with van der Waals surface area (Å²) in [7, 11) is 1.99. The number of carbonyl (C=O) groups excluding carboxylic acids is 1. The maximum atomic E-state index is 12.9. The Labute approximate surface area is 208 Å². The Kier molecular flexibility index (Phi) is 6.53. The van der Waals surface area contributed by atoms with Crippen LogP contribution in [0.2, 0.25) is 5.02 Å². The van der Waals surface area contributed by atoms with Crippen molar-refractivity contribution in [3.63, 3.8) is 0 Å². The van der Waals surface area contributed by atoms with E-state index in [0.717, 1.165) is 53.8 Å². The van der Waals surface area contributed by atoms with Gasteiger partial charge in [0, 0.05) is 46.8 Å². The van der Waals surface area contributed by atoms with E-state index in [1.165, 1.54) is 22.4 Å². The lowest BCUT2D eigenvalue weighted by molar-refractivity contribution is -0.671. The third-order valence-electron chi connectivity index (χ3n) is 7.13. The summed E-state index contributed by atoms with van der Waals surface area (Å²) in [5, 5.41) is 0.794. The van der Waals surface area contributed by atoms with E-state index in [0.29, 0.717) is 12.3 Å². The van der Waals surface area contributed by atoms with E-state index >= 15 is 0 Å². The Hall–Kier alpha value is -2.24. The second-order valence-electron chi connectivity index (χ2n) is 9.29. The van der Waals surface area contributed by atoms with Crippen LogP contribution in [0, 0.1) is 5.92 Å². The highest BCUT2D eigenvalue weighted by Crippen LogP contribution is 2.43. The molecule has 6 heteroatoms. The molecule has 0 N–H and O–H groups in total. The minimum atomic E-state index is 0.220. The van der Waals surface area contributed by atoms with Crippen LogP contribution in [-0.4, -0.2) is 28.9 Å². The molecule has 2 aliphatic rings. The van der Waals surface area contributed by atoms with E-state index in [9.17, 15) is 4.79 Å². The number of amides is 1. The highest BCUT2D eigenvalue weighted by Gasteiger charge is 2.35. The Morgan fingerprint density at radius 2 is 1.85 bits per heavy atom. The summed E-state index contributed by atoms with van der Waals surface area (Å²) in [6.07, 6.45) is 10.3. The topological polar surface area (TPSA) is 37.1 Å². The van der Waals surface area contributed by atoms with Crippen LogP contribution in [0.3, 0.4) is 0 Å². The molecule has 1 atom stereocenters. The molecule has 1 saturated heterocycles. The van der Waals surface area contributed by atoms with Crippen LogP contribution in [0.1, 0.15) is 46.7 Å². The molecule has 3 heterocycles. The zero-order chi connectivity index (χ0) is 22.9. The lowest BCUT2D eigenvalue weighted by Gasteiger charge is -2.37. The minimum Gasteiger partial charge on any atom is -0.342 e. The van der Waals surface area contributed by atoms with Gasteiger partial charge in [0.15, 0.2) is 12.4 Å². The first-order valence-corrected chi connectivity index (χ1v) is 12.8. The zero-order valence-corrected chi connectivity index (χ0v) is 21.1. The van der Waals surface area contributed by atoms with Gasteiger partial charge in [-0.1, -0.05) is 17.7 Å². The summed E-state index contributed by atoms with van der Waals surface area (Å²) in [4.78, 5) is 19.9. The van der Waals surface area contributed by atoms with Crippen LogP contribution in [0.25, 0.3) is 0 Å². The predicted octanol–water partition coefficient (Wildman–Crippen LogP) is 5.03. The fraction of sp³-hybridized carbons (Fsp3) is 0.370. The number of hydrogen-bond donors (Lipinski definition) is 0. The number of aryl methyl sites for hydroxylation is 3. The van der Waals surface area contributed by atoms with Crippen LogP contribution in [0.4, 0.5) is 0 Å². The van der Waals surface area contributed by atoms with Crippen molar-refractivity contribution < 1.29 is 9.36 Å². The number of fused-ring (bicyclic) bond motifs is 2. The van der Waals surface area contributed by atoms with Gasteiger partial charge in [-0.25, -0.2) is 4.57 Å². The normalized spacial score (nSPS) is 18.4. The van der Waals surface area contributed by atoms with E-state index in [4.69, 9.17) is 16.6 Å². The summed E-state index contributed by atoms with van der Waals surface area (Å²) in [5.41, 5.74) is 6.27. The molecule has 0 spiro atoms. The van der Waals surface area contributed by atoms with Gasteiger partial charge in [0.2, 0.25) is 5.91 Å². The van der Waals surface area contributed by atoms with Crippen molar-refractivity contribution in [3.05, 3.63) is 92.4 Å². The van der Waals surface area contributed by atoms with Gasteiger partial charge >= 0.3 is 0 Å². The number of pyridine rings is 2. The molecule has 1 amide bonds. The van der Waals surface area contributed by atoms with E-state index in [2.05, 4.69) is 34.1 Å². The van der Waals surface area contributed by atoms with Crippen LogP contribution >= 0.6 is 27.5 Å². The molecule has 5 rings (SSSR count). The van der Waals surface area contributed by atoms with Crippen LogP contribution in [-0.2, 0) is 31.1 Å². The van der Waals surface area contributed by atoms with E-state index in [1.54, 1.807) is 0 Å². The highest BCUT2D eigenvalue weighted by molar-refractivity contribution is 9.10. The molecule has 2 aromatic heterocycles. The monoisotopic (exact) mass is 524 g/mol. The molecular formula is C27H28BrClN3O+. The van der Waals surface area contributed by atoms with Gasteiger partial charge in [0.05, 0.1) is 12.1 Å². The molecule has 3 aromatic rings. The van der Waals surface area contributed by atoms with Crippen molar-refractivity contribution in [3.8, 4) is 0 Å². The van der Waals surface area contributed by atoms with Crippen molar-refractivity contribution in [2.75, 3.05) is 13.1 Å². The molecule has 1 aromatic carbocycles. The Balaban J connectivity index is 1.36.